The number of ether oxygens (including phenoxy) is 2. The van der Waals surface area contributed by atoms with Crippen LogP contribution in [-0.4, -0.2) is 67.8 Å². The van der Waals surface area contributed by atoms with Crippen molar-refractivity contribution in [2.24, 2.45) is 0 Å². The van der Waals surface area contributed by atoms with Crippen LogP contribution in [0.15, 0.2) is 47.5 Å². The standard InChI is InChI=1S/C21H20F3N3O5S/c1-31-11-3-2-4-12(7-11)33-21-20(30)18(19(29)16(9-28)32-21)27-8-15(25-26-27)10-5-13(22)17(24)14(23)6-10/h2-8,16,18-21,28-30H,9H2,1H3. The second kappa shape index (κ2) is 9.69. The Morgan fingerprint density at radius 3 is 2.52 bits per heavy atom. The number of aliphatic hydroxyl groups is 3. The van der Waals surface area contributed by atoms with Gasteiger partial charge in [0, 0.05) is 10.5 Å². The second-order valence-corrected chi connectivity index (χ2v) is 8.50. The van der Waals surface area contributed by atoms with Gasteiger partial charge < -0.3 is 24.8 Å². The fourth-order valence-electron chi connectivity index (χ4n) is 3.54. The number of rotatable bonds is 6. The van der Waals surface area contributed by atoms with Crippen LogP contribution in [-0.2, 0) is 4.74 Å². The molecule has 4 rings (SSSR count). The molecule has 176 valence electrons. The van der Waals surface area contributed by atoms with Gasteiger partial charge in [0.2, 0.25) is 0 Å². The van der Waals surface area contributed by atoms with Crippen LogP contribution in [0.2, 0.25) is 0 Å². The lowest BCUT2D eigenvalue weighted by Gasteiger charge is -2.41. The van der Waals surface area contributed by atoms with E-state index in [1.807, 2.05) is 0 Å². The highest BCUT2D eigenvalue weighted by Crippen LogP contribution is 2.39. The van der Waals surface area contributed by atoms with Crippen LogP contribution >= 0.6 is 11.8 Å². The molecular weight excluding hydrogens is 463 g/mol. The van der Waals surface area contributed by atoms with E-state index in [0.29, 0.717) is 10.6 Å². The topological polar surface area (TPSA) is 110 Å². The first-order valence-corrected chi connectivity index (χ1v) is 10.7. The molecule has 2 aromatic carbocycles. The zero-order chi connectivity index (χ0) is 23.7. The summed E-state index contributed by atoms with van der Waals surface area (Å²) in [5.74, 6) is -3.79. The van der Waals surface area contributed by atoms with E-state index in [-0.39, 0.29) is 11.3 Å². The van der Waals surface area contributed by atoms with Crippen LogP contribution in [0.1, 0.15) is 6.04 Å². The van der Waals surface area contributed by atoms with Gasteiger partial charge in [-0.05, 0) is 30.3 Å². The van der Waals surface area contributed by atoms with Crippen molar-refractivity contribution in [3.05, 3.63) is 60.0 Å². The molecule has 0 radical (unpaired) electrons. The summed E-state index contributed by atoms with van der Waals surface area (Å²) in [5, 5.41) is 39.1. The highest BCUT2D eigenvalue weighted by Gasteiger charge is 2.46. The van der Waals surface area contributed by atoms with Crippen molar-refractivity contribution in [3.8, 4) is 17.0 Å². The van der Waals surface area contributed by atoms with E-state index in [0.717, 1.165) is 28.6 Å². The van der Waals surface area contributed by atoms with Gasteiger partial charge in [-0.2, -0.15) is 0 Å². The van der Waals surface area contributed by atoms with E-state index in [9.17, 15) is 28.5 Å². The molecule has 8 nitrogen and oxygen atoms in total. The molecule has 3 N–H and O–H groups in total. The minimum atomic E-state index is -1.61. The fourth-order valence-corrected chi connectivity index (χ4v) is 4.65. The van der Waals surface area contributed by atoms with E-state index in [4.69, 9.17) is 9.47 Å². The van der Waals surface area contributed by atoms with Crippen LogP contribution in [0.25, 0.3) is 11.3 Å². The third-order valence-corrected chi connectivity index (χ3v) is 6.39. The van der Waals surface area contributed by atoms with Crippen molar-refractivity contribution in [1.82, 2.24) is 15.0 Å². The van der Waals surface area contributed by atoms with Gasteiger partial charge in [0.05, 0.1) is 19.9 Å². The Morgan fingerprint density at radius 2 is 1.85 bits per heavy atom. The van der Waals surface area contributed by atoms with E-state index in [1.54, 1.807) is 24.3 Å². The maximum atomic E-state index is 13.6. The molecule has 1 aliphatic heterocycles. The van der Waals surface area contributed by atoms with Gasteiger partial charge in [0.15, 0.2) is 17.5 Å². The average molecular weight is 483 g/mol. The Balaban J connectivity index is 1.63. The Kier molecular flexibility index (Phi) is 6.91. The Labute approximate surface area is 190 Å². The van der Waals surface area contributed by atoms with Gasteiger partial charge in [0.25, 0.3) is 0 Å². The number of methoxy groups -OCH3 is 1. The molecule has 1 fully saturated rings. The zero-order valence-corrected chi connectivity index (χ0v) is 18.0. The van der Waals surface area contributed by atoms with Crippen molar-refractivity contribution in [2.75, 3.05) is 13.7 Å². The van der Waals surface area contributed by atoms with Crippen molar-refractivity contribution in [2.45, 2.75) is 34.7 Å². The summed E-state index contributed by atoms with van der Waals surface area (Å²) in [5.41, 5.74) is -0.984. The number of halogens is 3. The van der Waals surface area contributed by atoms with Crippen molar-refractivity contribution < 1.29 is 38.0 Å². The number of nitrogens with zero attached hydrogens (tertiary/aromatic N) is 3. The van der Waals surface area contributed by atoms with Crippen molar-refractivity contribution in [3.63, 3.8) is 0 Å². The first-order chi connectivity index (χ1) is 15.8. The summed E-state index contributed by atoms with van der Waals surface area (Å²) in [6, 6.07) is 7.46. The maximum Gasteiger partial charge on any atom is 0.194 e. The highest BCUT2D eigenvalue weighted by molar-refractivity contribution is 7.99. The number of hydrogen-bond donors (Lipinski definition) is 3. The summed E-state index contributed by atoms with van der Waals surface area (Å²) >= 11 is 1.15. The summed E-state index contributed by atoms with van der Waals surface area (Å²) in [6.07, 6.45) is -2.47. The molecule has 0 saturated carbocycles. The molecule has 1 aliphatic rings. The molecule has 2 heterocycles. The molecular formula is C21H20F3N3O5S. The Hall–Kier alpha value is -2.64. The molecule has 1 saturated heterocycles. The molecule has 0 amide bonds. The number of thioether (sulfide) groups is 1. The first kappa shape index (κ1) is 23.5. The molecule has 0 bridgehead atoms. The average Bonchev–Trinajstić information content (AvgIpc) is 3.29. The normalized spacial score (nSPS) is 25.2. The van der Waals surface area contributed by atoms with E-state index >= 15 is 0 Å². The minimum Gasteiger partial charge on any atom is -0.497 e. The molecule has 5 atom stereocenters. The van der Waals surface area contributed by atoms with Crippen LogP contribution in [0.3, 0.4) is 0 Å². The van der Waals surface area contributed by atoms with Crippen LogP contribution < -0.4 is 4.74 Å². The number of aromatic nitrogens is 3. The van der Waals surface area contributed by atoms with Crippen LogP contribution in [0.5, 0.6) is 5.75 Å². The molecule has 1 aromatic heterocycles. The van der Waals surface area contributed by atoms with Gasteiger partial charge in [-0.1, -0.05) is 23.0 Å². The van der Waals surface area contributed by atoms with Gasteiger partial charge in [-0.25, -0.2) is 17.9 Å². The lowest BCUT2D eigenvalue weighted by atomic mass is 9.97. The molecule has 0 spiro atoms. The summed E-state index contributed by atoms with van der Waals surface area (Å²) in [7, 11) is 1.52. The number of hydrogen-bond acceptors (Lipinski definition) is 8. The quantitative estimate of drug-likeness (QED) is 0.458. The molecule has 5 unspecified atom stereocenters. The Morgan fingerprint density at radius 1 is 1.12 bits per heavy atom. The molecule has 12 heteroatoms. The second-order valence-electron chi connectivity index (χ2n) is 7.33. The number of aliphatic hydroxyl groups excluding tert-OH is 3. The fraction of sp³-hybridized carbons (Fsp3) is 0.333. The molecule has 33 heavy (non-hydrogen) atoms. The third-order valence-electron chi connectivity index (χ3n) is 5.24. The van der Waals surface area contributed by atoms with E-state index in [1.165, 1.54) is 13.3 Å². The van der Waals surface area contributed by atoms with Crippen molar-refractivity contribution in [1.29, 1.82) is 0 Å². The molecule has 0 aliphatic carbocycles. The minimum absolute atomic E-state index is 0.00348. The third kappa shape index (κ3) is 4.70. The van der Waals surface area contributed by atoms with Crippen molar-refractivity contribution >= 4 is 11.8 Å². The zero-order valence-electron chi connectivity index (χ0n) is 17.2. The Bertz CT molecular complexity index is 1110. The lowest BCUT2D eigenvalue weighted by Crippen LogP contribution is -2.55. The highest BCUT2D eigenvalue weighted by atomic mass is 32.2. The van der Waals surface area contributed by atoms with E-state index in [2.05, 4.69) is 10.3 Å². The summed E-state index contributed by atoms with van der Waals surface area (Å²) in [6.45, 7) is -0.532. The van der Waals surface area contributed by atoms with Gasteiger partial charge in [-0.3, -0.25) is 0 Å². The summed E-state index contributed by atoms with van der Waals surface area (Å²) < 4.78 is 52.5. The number of benzene rings is 2. The van der Waals surface area contributed by atoms with Gasteiger partial charge in [-0.15, -0.1) is 5.10 Å². The van der Waals surface area contributed by atoms with Crippen LogP contribution in [0.4, 0.5) is 13.2 Å². The van der Waals surface area contributed by atoms with Gasteiger partial charge in [0.1, 0.15) is 41.2 Å². The predicted octanol–water partition coefficient (Wildman–Crippen LogP) is 2.14. The SMILES string of the molecule is COc1cccc(SC2OC(CO)C(O)C(n3cc(-c4cc(F)c(F)c(F)c4)nn3)C2O)c1. The predicted molar refractivity (Wildman–Crippen MR) is 111 cm³/mol. The monoisotopic (exact) mass is 483 g/mol. The lowest BCUT2D eigenvalue weighted by molar-refractivity contribution is -0.178. The molecule has 3 aromatic rings. The summed E-state index contributed by atoms with van der Waals surface area (Å²) in [4.78, 5) is 0.710. The van der Waals surface area contributed by atoms with Gasteiger partial charge >= 0.3 is 0 Å². The first-order valence-electron chi connectivity index (χ1n) is 9.82. The van der Waals surface area contributed by atoms with E-state index < -0.39 is 53.8 Å². The maximum absolute atomic E-state index is 13.6. The largest absolute Gasteiger partial charge is 0.497 e. The smallest absolute Gasteiger partial charge is 0.194 e. The van der Waals surface area contributed by atoms with Crippen LogP contribution in [0, 0.1) is 17.5 Å².